The molecule has 20 heavy (non-hydrogen) atoms. The molecule has 0 unspecified atom stereocenters. The van der Waals surface area contributed by atoms with Crippen LogP contribution in [0.1, 0.15) is 15.9 Å². The van der Waals surface area contributed by atoms with E-state index in [-0.39, 0.29) is 22.4 Å². The fraction of sp³-hybridized carbons (Fsp3) is 0.0714. The molecule has 0 aliphatic rings. The van der Waals surface area contributed by atoms with Crippen molar-refractivity contribution in [2.24, 2.45) is 0 Å². The number of hydrogen-bond acceptors (Lipinski definition) is 3. The lowest BCUT2D eigenvalue weighted by Crippen LogP contribution is -2.00. The van der Waals surface area contributed by atoms with E-state index in [0.29, 0.717) is 10.8 Å². The first-order chi connectivity index (χ1) is 9.47. The first kappa shape index (κ1) is 14.7. The molecule has 0 aromatic heterocycles. The molecule has 2 aromatic rings. The van der Waals surface area contributed by atoms with E-state index in [1.807, 2.05) is 6.07 Å². The molecule has 104 valence electrons. The molecule has 0 saturated carbocycles. The Bertz CT molecular complexity index is 658. The molecule has 0 radical (unpaired) electrons. The third kappa shape index (κ3) is 3.43. The van der Waals surface area contributed by atoms with Crippen molar-refractivity contribution in [2.75, 3.05) is 0 Å². The molecule has 2 aromatic carbocycles. The van der Waals surface area contributed by atoms with Gasteiger partial charge < -0.3 is 14.9 Å². The number of carboxylic acids is 1. The molecular weight excluding hydrogens is 348 g/mol. The summed E-state index contributed by atoms with van der Waals surface area (Å²) in [5.74, 6) is -1.21. The van der Waals surface area contributed by atoms with Crippen LogP contribution in [0.4, 0.5) is 0 Å². The van der Waals surface area contributed by atoms with Crippen molar-refractivity contribution < 1.29 is 19.7 Å². The van der Waals surface area contributed by atoms with E-state index < -0.39 is 5.97 Å². The van der Waals surface area contributed by atoms with E-state index in [1.165, 1.54) is 12.1 Å². The lowest BCUT2D eigenvalue weighted by molar-refractivity contribution is 0.0693. The highest BCUT2D eigenvalue weighted by molar-refractivity contribution is 9.10. The monoisotopic (exact) mass is 356 g/mol. The number of carboxylic acid groups (broad SMARTS) is 1. The molecule has 0 atom stereocenters. The standard InChI is InChI=1S/C14H10BrClO4/c15-12-6-10(5-11(13(12)17)14(18)19)20-7-8-2-1-3-9(16)4-8/h1-6,17H,7H2,(H,18,19). The van der Waals surface area contributed by atoms with Crippen molar-refractivity contribution in [3.05, 3.63) is 57.0 Å². The van der Waals surface area contributed by atoms with Crippen LogP contribution >= 0.6 is 27.5 Å². The number of aromatic hydroxyl groups is 1. The minimum atomic E-state index is -1.23. The van der Waals surface area contributed by atoms with Crippen LogP contribution in [0.5, 0.6) is 11.5 Å². The van der Waals surface area contributed by atoms with Crippen molar-refractivity contribution >= 4 is 33.5 Å². The maximum atomic E-state index is 11.0. The molecular formula is C14H10BrClO4. The number of phenols is 1. The summed E-state index contributed by atoms with van der Waals surface area (Å²) in [7, 11) is 0. The van der Waals surface area contributed by atoms with Gasteiger partial charge >= 0.3 is 5.97 Å². The van der Waals surface area contributed by atoms with E-state index in [0.717, 1.165) is 5.56 Å². The Morgan fingerprint density at radius 3 is 2.70 bits per heavy atom. The fourth-order valence-electron chi connectivity index (χ4n) is 1.61. The van der Waals surface area contributed by atoms with Gasteiger partial charge in [0, 0.05) is 5.02 Å². The third-order valence-corrected chi connectivity index (χ3v) is 3.40. The van der Waals surface area contributed by atoms with Crippen molar-refractivity contribution in [3.63, 3.8) is 0 Å². The predicted octanol–water partition coefficient (Wildman–Crippen LogP) is 4.09. The summed E-state index contributed by atoms with van der Waals surface area (Å²) in [5.41, 5.74) is 0.638. The number of ether oxygens (including phenoxy) is 1. The maximum absolute atomic E-state index is 11.0. The van der Waals surface area contributed by atoms with Gasteiger partial charge in [-0.25, -0.2) is 4.79 Å². The third-order valence-electron chi connectivity index (χ3n) is 2.56. The Morgan fingerprint density at radius 1 is 1.30 bits per heavy atom. The zero-order chi connectivity index (χ0) is 14.7. The van der Waals surface area contributed by atoms with Gasteiger partial charge in [-0.05, 0) is 45.8 Å². The molecule has 0 bridgehead atoms. The number of carbonyl (C=O) groups is 1. The van der Waals surface area contributed by atoms with Gasteiger partial charge in [-0.15, -0.1) is 0 Å². The fourth-order valence-corrected chi connectivity index (χ4v) is 2.27. The van der Waals surface area contributed by atoms with E-state index in [2.05, 4.69) is 15.9 Å². The lowest BCUT2D eigenvalue weighted by Gasteiger charge is -2.09. The summed E-state index contributed by atoms with van der Waals surface area (Å²) in [5, 5.41) is 19.2. The summed E-state index contributed by atoms with van der Waals surface area (Å²) in [4.78, 5) is 11.0. The van der Waals surface area contributed by atoms with Crippen LogP contribution in [0.25, 0.3) is 0 Å². The Labute approximate surface area is 128 Å². The summed E-state index contributed by atoms with van der Waals surface area (Å²) in [6.45, 7) is 0.247. The second kappa shape index (κ2) is 6.15. The predicted molar refractivity (Wildman–Crippen MR) is 78.6 cm³/mol. The van der Waals surface area contributed by atoms with Crippen LogP contribution in [0, 0.1) is 0 Å². The maximum Gasteiger partial charge on any atom is 0.339 e. The average molecular weight is 358 g/mol. The van der Waals surface area contributed by atoms with E-state index >= 15 is 0 Å². The zero-order valence-corrected chi connectivity index (χ0v) is 12.5. The number of aromatic carboxylic acids is 1. The van der Waals surface area contributed by atoms with E-state index in [1.54, 1.807) is 18.2 Å². The topological polar surface area (TPSA) is 66.8 Å². The SMILES string of the molecule is O=C(O)c1cc(OCc2cccc(Cl)c2)cc(Br)c1O. The molecule has 0 spiro atoms. The number of rotatable bonds is 4. The van der Waals surface area contributed by atoms with Crippen LogP contribution in [0.3, 0.4) is 0 Å². The van der Waals surface area contributed by atoms with Crippen molar-refractivity contribution in [1.82, 2.24) is 0 Å². The van der Waals surface area contributed by atoms with Gasteiger partial charge in [-0.1, -0.05) is 23.7 Å². The number of halogens is 2. The summed E-state index contributed by atoms with van der Waals surface area (Å²) in [6.07, 6.45) is 0. The van der Waals surface area contributed by atoms with Crippen molar-refractivity contribution in [2.45, 2.75) is 6.61 Å². The molecule has 0 fully saturated rings. The zero-order valence-electron chi connectivity index (χ0n) is 10.1. The highest BCUT2D eigenvalue weighted by atomic mass is 79.9. The van der Waals surface area contributed by atoms with Gasteiger partial charge in [0.2, 0.25) is 0 Å². The molecule has 6 heteroatoms. The first-order valence-corrected chi connectivity index (χ1v) is 6.77. The van der Waals surface area contributed by atoms with Gasteiger partial charge in [0.1, 0.15) is 23.7 Å². The van der Waals surface area contributed by atoms with Gasteiger partial charge in [-0.3, -0.25) is 0 Å². The molecule has 0 saturated heterocycles. The molecule has 2 N–H and O–H groups in total. The minimum absolute atomic E-state index is 0.222. The van der Waals surface area contributed by atoms with Crippen LogP contribution in [0.15, 0.2) is 40.9 Å². The van der Waals surface area contributed by atoms with E-state index in [9.17, 15) is 9.90 Å². The minimum Gasteiger partial charge on any atom is -0.506 e. The Balaban J connectivity index is 2.20. The molecule has 0 amide bonds. The molecule has 0 aliphatic heterocycles. The van der Waals surface area contributed by atoms with Crippen molar-refractivity contribution in [3.8, 4) is 11.5 Å². The highest BCUT2D eigenvalue weighted by Gasteiger charge is 2.15. The first-order valence-electron chi connectivity index (χ1n) is 5.60. The van der Waals surface area contributed by atoms with Crippen LogP contribution in [-0.4, -0.2) is 16.2 Å². The van der Waals surface area contributed by atoms with Crippen LogP contribution in [-0.2, 0) is 6.61 Å². The molecule has 4 nitrogen and oxygen atoms in total. The van der Waals surface area contributed by atoms with Gasteiger partial charge in [0.25, 0.3) is 0 Å². The largest absolute Gasteiger partial charge is 0.506 e. The quantitative estimate of drug-likeness (QED) is 0.865. The Kier molecular flexibility index (Phi) is 4.52. The molecule has 0 aliphatic carbocycles. The number of benzene rings is 2. The normalized spacial score (nSPS) is 10.3. The lowest BCUT2D eigenvalue weighted by atomic mass is 10.2. The van der Waals surface area contributed by atoms with Gasteiger partial charge in [0.05, 0.1) is 4.47 Å². The van der Waals surface area contributed by atoms with Crippen LogP contribution < -0.4 is 4.74 Å². The Morgan fingerprint density at radius 2 is 2.05 bits per heavy atom. The average Bonchev–Trinajstić information content (AvgIpc) is 2.39. The number of hydrogen-bond donors (Lipinski definition) is 2. The second-order valence-electron chi connectivity index (χ2n) is 4.03. The van der Waals surface area contributed by atoms with Gasteiger partial charge in [-0.2, -0.15) is 0 Å². The highest BCUT2D eigenvalue weighted by Crippen LogP contribution is 2.33. The second-order valence-corrected chi connectivity index (χ2v) is 5.32. The van der Waals surface area contributed by atoms with Crippen molar-refractivity contribution in [1.29, 1.82) is 0 Å². The summed E-state index contributed by atoms with van der Waals surface area (Å²) in [6, 6.07) is 9.94. The smallest absolute Gasteiger partial charge is 0.339 e. The summed E-state index contributed by atoms with van der Waals surface area (Å²) >= 11 is 8.95. The molecule has 2 rings (SSSR count). The van der Waals surface area contributed by atoms with Crippen LogP contribution in [0.2, 0.25) is 5.02 Å². The Hall–Kier alpha value is -1.72. The van der Waals surface area contributed by atoms with E-state index in [4.69, 9.17) is 21.4 Å². The van der Waals surface area contributed by atoms with Gasteiger partial charge in [0.15, 0.2) is 0 Å². The molecule has 0 heterocycles. The summed E-state index contributed by atoms with van der Waals surface area (Å²) < 4.78 is 5.77.